The number of carbonyl (C=O) groups is 1. The molecule has 0 atom stereocenters. The molecular formula is C19H19FN2O2S. The van der Waals surface area contributed by atoms with Crippen molar-refractivity contribution in [3.8, 4) is 0 Å². The topological polar surface area (TPSA) is 43.6 Å². The maximum Gasteiger partial charge on any atom is 0.252 e. The van der Waals surface area contributed by atoms with E-state index >= 15 is 0 Å². The minimum atomic E-state index is -0.301. The Morgan fingerprint density at radius 1 is 1.24 bits per heavy atom. The molecule has 0 bridgehead atoms. The monoisotopic (exact) mass is 358 g/mol. The molecule has 3 aromatic rings. The average molecular weight is 358 g/mol. The van der Waals surface area contributed by atoms with Crippen molar-refractivity contribution < 1.29 is 13.9 Å². The van der Waals surface area contributed by atoms with Gasteiger partial charge in [0.15, 0.2) is 4.80 Å². The molecule has 6 heteroatoms. The number of hydrogen-bond donors (Lipinski definition) is 0. The molecule has 0 spiro atoms. The molecule has 0 aliphatic carbocycles. The lowest BCUT2D eigenvalue weighted by Gasteiger charge is -2.04. The SMILES string of the molecule is COCCn1c(=NC(=O)Cc2ccc(C)cc2)sc2cc(F)ccc21. The van der Waals surface area contributed by atoms with Gasteiger partial charge >= 0.3 is 0 Å². The second-order valence-corrected chi connectivity index (χ2v) is 6.82. The van der Waals surface area contributed by atoms with Gasteiger partial charge in [-0.3, -0.25) is 4.79 Å². The van der Waals surface area contributed by atoms with Crippen LogP contribution < -0.4 is 4.80 Å². The van der Waals surface area contributed by atoms with E-state index in [9.17, 15) is 9.18 Å². The number of benzene rings is 2. The second-order valence-electron chi connectivity index (χ2n) is 5.81. The summed E-state index contributed by atoms with van der Waals surface area (Å²) < 4.78 is 21.3. The van der Waals surface area contributed by atoms with Gasteiger partial charge < -0.3 is 9.30 Å². The predicted molar refractivity (Wildman–Crippen MR) is 97.1 cm³/mol. The third-order valence-corrected chi connectivity index (χ3v) is 4.90. The number of rotatable bonds is 5. The van der Waals surface area contributed by atoms with Gasteiger partial charge in [-0.2, -0.15) is 4.99 Å². The average Bonchev–Trinajstić information content (AvgIpc) is 2.91. The minimum Gasteiger partial charge on any atom is -0.383 e. The molecule has 0 unspecified atom stereocenters. The lowest BCUT2D eigenvalue weighted by molar-refractivity contribution is -0.117. The maximum atomic E-state index is 13.5. The quantitative estimate of drug-likeness (QED) is 0.701. The normalized spacial score (nSPS) is 12.0. The number of carbonyl (C=O) groups excluding carboxylic acids is 1. The van der Waals surface area contributed by atoms with Crippen LogP contribution in [0.1, 0.15) is 11.1 Å². The van der Waals surface area contributed by atoms with E-state index in [1.165, 1.54) is 23.5 Å². The van der Waals surface area contributed by atoms with Gasteiger partial charge in [-0.25, -0.2) is 4.39 Å². The Bertz CT molecular complexity index is 958. The van der Waals surface area contributed by atoms with E-state index < -0.39 is 0 Å². The Kier molecular flexibility index (Phi) is 5.40. The molecule has 0 saturated carbocycles. The largest absolute Gasteiger partial charge is 0.383 e. The van der Waals surface area contributed by atoms with E-state index in [0.29, 0.717) is 18.0 Å². The van der Waals surface area contributed by atoms with Crippen LogP contribution in [0.2, 0.25) is 0 Å². The summed E-state index contributed by atoms with van der Waals surface area (Å²) in [5, 5.41) is 0. The Morgan fingerprint density at radius 2 is 2.00 bits per heavy atom. The molecule has 0 aliphatic rings. The third kappa shape index (κ3) is 4.21. The molecular weight excluding hydrogens is 339 g/mol. The van der Waals surface area contributed by atoms with E-state index in [4.69, 9.17) is 4.74 Å². The number of ether oxygens (including phenoxy) is 1. The highest BCUT2D eigenvalue weighted by atomic mass is 32.1. The first-order chi connectivity index (χ1) is 12.1. The number of methoxy groups -OCH3 is 1. The summed E-state index contributed by atoms with van der Waals surface area (Å²) in [5.41, 5.74) is 2.93. The summed E-state index contributed by atoms with van der Waals surface area (Å²) in [6, 6.07) is 12.4. The summed E-state index contributed by atoms with van der Waals surface area (Å²) in [6.07, 6.45) is 0.243. The zero-order chi connectivity index (χ0) is 17.8. The van der Waals surface area contributed by atoms with Crippen LogP contribution in [0, 0.1) is 12.7 Å². The molecule has 1 aromatic heterocycles. The number of nitrogens with zero attached hydrogens (tertiary/aromatic N) is 2. The van der Waals surface area contributed by atoms with Crippen molar-refractivity contribution in [1.29, 1.82) is 0 Å². The van der Waals surface area contributed by atoms with Crippen LogP contribution in [0.5, 0.6) is 0 Å². The number of fused-ring (bicyclic) bond motifs is 1. The fourth-order valence-electron chi connectivity index (χ4n) is 2.56. The highest BCUT2D eigenvalue weighted by Crippen LogP contribution is 2.18. The van der Waals surface area contributed by atoms with Crippen molar-refractivity contribution in [2.75, 3.05) is 13.7 Å². The van der Waals surface area contributed by atoms with Crippen LogP contribution in [0.15, 0.2) is 47.5 Å². The van der Waals surface area contributed by atoms with Crippen LogP contribution in [0.25, 0.3) is 10.2 Å². The first kappa shape index (κ1) is 17.5. The minimum absolute atomic E-state index is 0.220. The summed E-state index contributed by atoms with van der Waals surface area (Å²) in [5.74, 6) is -0.521. The van der Waals surface area contributed by atoms with Crippen LogP contribution in [0.4, 0.5) is 4.39 Å². The molecule has 130 valence electrons. The highest BCUT2D eigenvalue weighted by Gasteiger charge is 2.09. The summed E-state index contributed by atoms with van der Waals surface area (Å²) in [7, 11) is 1.62. The van der Waals surface area contributed by atoms with Gasteiger partial charge in [0.2, 0.25) is 0 Å². The molecule has 0 aliphatic heterocycles. The van der Waals surface area contributed by atoms with Gasteiger partial charge in [0.05, 0.1) is 23.2 Å². The van der Waals surface area contributed by atoms with E-state index in [-0.39, 0.29) is 18.1 Å². The Balaban J connectivity index is 1.96. The van der Waals surface area contributed by atoms with Crippen LogP contribution in [-0.2, 0) is 22.5 Å². The summed E-state index contributed by atoms with van der Waals surface area (Å²) in [4.78, 5) is 17.2. The fraction of sp³-hybridized carbons (Fsp3) is 0.263. The Hall–Kier alpha value is -2.31. The molecule has 0 fully saturated rings. The first-order valence-corrected chi connectivity index (χ1v) is 8.79. The van der Waals surface area contributed by atoms with Gasteiger partial charge in [-0.1, -0.05) is 41.2 Å². The predicted octanol–water partition coefficient (Wildman–Crippen LogP) is 3.47. The number of hydrogen-bond acceptors (Lipinski definition) is 3. The smallest absolute Gasteiger partial charge is 0.252 e. The molecule has 3 rings (SSSR count). The van der Waals surface area contributed by atoms with E-state index in [0.717, 1.165) is 21.3 Å². The second kappa shape index (κ2) is 7.72. The molecule has 0 radical (unpaired) electrons. The van der Waals surface area contributed by atoms with Crippen LogP contribution in [0.3, 0.4) is 0 Å². The highest BCUT2D eigenvalue weighted by molar-refractivity contribution is 7.16. The number of halogens is 1. The number of aromatic nitrogens is 1. The molecule has 4 nitrogen and oxygen atoms in total. The maximum absolute atomic E-state index is 13.5. The van der Waals surface area contributed by atoms with Crippen molar-refractivity contribution in [3.63, 3.8) is 0 Å². The number of aryl methyl sites for hydroxylation is 1. The zero-order valence-electron chi connectivity index (χ0n) is 14.2. The molecule has 2 aromatic carbocycles. The zero-order valence-corrected chi connectivity index (χ0v) is 15.0. The lowest BCUT2D eigenvalue weighted by atomic mass is 10.1. The summed E-state index contributed by atoms with van der Waals surface area (Å²) in [6.45, 7) is 3.05. The van der Waals surface area contributed by atoms with Crippen LogP contribution in [-0.4, -0.2) is 24.2 Å². The fourth-order valence-corrected chi connectivity index (χ4v) is 3.66. The molecule has 0 saturated heterocycles. The van der Waals surface area contributed by atoms with Crippen molar-refractivity contribution in [2.24, 2.45) is 4.99 Å². The van der Waals surface area contributed by atoms with Crippen molar-refractivity contribution in [2.45, 2.75) is 19.9 Å². The summed E-state index contributed by atoms with van der Waals surface area (Å²) >= 11 is 1.31. The lowest BCUT2D eigenvalue weighted by Crippen LogP contribution is -2.19. The molecule has 1 heterocycles. The van der Waals surface area contributed by atoms with Gasteiger partial charge in [0.1, 0.15) is 5.82 Å². The van der Waals surface area contributed by atoms with E-state index in [2.05, 4.69) is 4.99 Å². The van der Waals surface area contributed by atoms with Crippen LogP contribution >= 0.6 is 11.3 Å². The standard InChI is InChI=1S/C19H19FN2O2S/c1-13-3-5-14(6-4-13)11-18(23)21-19-22(9-10-24-2)16-8-7-15(20)12-17(16)25-19/h3-8,12H,9-11H2,1-2H3. The first-order valence-electron chi connectivity index (χ1n) is 7.98. The van der Waals surface area contributed by atoms with Gasteiger partial charge in [0.25, 0.3) is 5.91 Å². The molecule has 25 heavy (non-hydrogen) atoms. The molecule has 0 N–H and O–H groups in total. The molecule has 1 amide bonds. The Labute approximate surface area is 149 Å². The van der Waals surface area contributed by atoms with E-state index in [1.54, 1.807) is 13.2 Å². The van der Waals surface area contributed by atoms with Gasteiger partial charge in [-0.15, -0.1) is 0 Å². The third-order valence-electron chi connectivity index (χ3n) is 3.86. The van der Waals surface area contributed by atoms with Crippen molar-refractivity contribution in [3.05, 3.63) is 64.2 Å². The van der Waals surface area contributed by atoms with Gasteiger partial charge in [-0.05, 0) is 30.7 Å². The van der Waals surface area contributed by atoms with Crippen molar-refractivity contribution >= 4 is 27.5 Å². The van der Waals surface area contributed by atoms with Crippen molar-refractivity contribution in [1.82, 2.24) is 4.57 Å². The van der Waals surface area contributed by atoms with Gasteiger partial charge in [0, 0.05) is 13.7 Å². The number of thiazole rings is 1. The Morgan fingerprint density at radius 3 is 2.72 bits per heavy atom. The van der Waals surface area contributed by atoms with E-state index in [1.807, 2.05) is 35.8 Å². The number of amides is 1.